The molecule has 0 spiro atoms. The van der Waals surface area contributed by atoms with Crippen LogP contribution in [0, 0.1) is 29.5 Å². The minimum atomic E-state index is -4.87. The fraction of sp³-hybridized carbons (Fsp3) is 0.769. The van der Waals surface area contributed by atoms with Crippen molar-refractivity contribution in [1.29, 1.82) is 0 Å². The molecule has 3 aliphatic carbocycles. The van der Waals surface area contributed by atoms with E-state index in [0.29, 0.717) is 0 Å². The number of ether oxygens (including phenoxy) is 1. The Bertz CT molecular complexity index is 694. The van der Waals surface area contributed by atoms with E-state index in [1.807, 2.05) is 0 Å². The summed E-state index contributed by atoms with van der Waals surface area (Å²) in [5, 5.41) is 0. The van der Waals surface area contributed by atoms with Crippen LogP contribution in [0.1, 0.15) is 101 Å². The molecule has 1 aromatic carbocycles. The van der Waals surface area contributed by atoms with E-state index in [9.17, 15) is 17.6 Å². The van der Waals surface area contributed by atoms with Gasteiger partial charge in [-0.25, -0.2) is 4.39 Å². The third-order valence-electron chi connectivity index (χ3n) is 8.44. The first-order chi connectivity index (χ1) is 14.9. The largest absolute Gasteiger partial charge is 0.573 e. The van der Waals surface area contributed by atoms with Crippen LogP contribution in [0.15, 0.2) is 18.2 Å². The fourth-order valence-corrected chi connectivity index (χ4v) is 6.62. The first-order valence-electron chi connectivity index (χ1n) is 12.4. The lowest BCUT2D eigenvalue weighted by Crippen LogP contribution is -2.25. The molecule has 0 bridgehead atoms. The zero-order valence-electron chi connectivity index (χ0n) is 18.4. The molecule has 0 atom stereocenters. The molecule has 0 N–H and O–H groups in total. The monoisotopic (exact) mass is 440 g/mol. The summed E-state index contributed by atoms with van der Waals surface area (Å²) in [7, 11) is 0. The van der Waals surface area contributed by atoms with Crippen molar-refractivity contribution in [3.8, 4) is 5.75 Å². The van der Waals surface area contributed by atoms with E-state index >= 15 is 0 Å². The highest BCUT2D eigenvalue weighted by Crippen LogP contribution is 2.45. The maximum Gasteiger partial charge on any atom is 0.573 e. The Balaban J connectivity index is 1.21. The SMILES string of the molecule is Fc1cc([C@H]2CC[C@H]([C@H]3CC[C@H](CCC4CCCC4)CC3)CC2)ccc1OC(F)(F)F. The van der Waals surface area contributed by atoms with Crippen molar-refractivity contribution in [2.45, 2.75) is 102 Å². The van der Waals surface area contributed by atoms with Crippen LogP contribution in [-0.4, -0.2) is 6.36 Å². The summed E-state index contributed by atoms with van der Waals surface area (Å²) in [5.74, 6) is 2.13. The van der Waals surface area contributed by atoms with Crippen molar-refractivity contribution >= 4 is 0 Å². The van der Waals surface area contributed by atoms with Gasteiger partial charge in [0, 0.05) is 0 Å². The maximum absolute atomic E-state index is 14.1. The van der Waals surface area contributed by atoms with Gasteiger partial charge in [-0.15, -0.1) is 13.2 Å². The summed E-state index contributed by atoms with van der Waals surface area (Å²) >= 11 is 0. The van der Waals surface area contributed by atoms with Crippen molar-refractivity contribution in [2.24, 2.45) is 23.7 Å². The zero-order valence-corrected chi connectivity index (χ0v) is 18.4. The summed E-state index contributed by atoms with van der Waals surface area (Å²) in [6.45, 7) is 0. The van der Waals surface area contributed by atoms with Crippen molar-refractivity contribution < 1.29 is 22.3 Å². The van der Waals surface area contributed by atoms with E-state index < -0.39 is 17.9 Å². The number of hydrogen-bond acceptors (Lipinski definition) is 1. The first kappa shape index (κ1) is 22.9. The summed E-state index contributed by atoms with van der Waals surface area (Å²) in [5.41, 5.74) is 0.807. The minimum Gasteiger partial charge on any atom is -0.403 e. The average molecular weight is 441 g/mol. The summed E-state index contributed by atoms with van der Waals surface area (Å²) in [6.07, 6.45) is 13.7. The molecule has 4 rings (SSSR count). The van der Waals surface area contributed by atoms with Gasteiger partial charge in [-0.3, -0.25) is 0 Å². The standard InChI is InChI=1S/C26H36F4O/c27-24-17-23(15-16-25(24)31-26(28,29)30)22-13-11-21(12-14-22)20-9-7-19(8-10-20)6-5-18-3-1-2-4-18/h15-22H,1-14H2/t19-,20-,21-,22-. The van der Waals surface area contributed by atoms with E-state index in [-0.39, 0.29) is 5.92 Å². The lowest BCUT2D eigenvalue weighted by molar-refractivity contribution is -0.275. The van der Waals surface area contributed by atoms with Gasteiger partial charge in [-0.05, 0) is 85.8 Å². The molecule has 174 valence electrons. The van der Waals surface area contributed by atoms with Gasteiger partial charge in [0.05, 0.1) is 0 Å². The van der Waals surface area contributed by atoms with Crippen LogP contribution in [0.2, 0.25) is 0 Å². The molecular formula is C26H36F4O. The highest BCUT2D eigenvalue weighted by molar-refractivity contribution is 5.31. The molecule has 31 heavy (non-hydrogen) atoms. The Morgan fingerprint density at radius 2 is 1.29 bits per heavy atom. The highest BCUT2D eigenvalue weighted by atomic mass is 19.4. The Morgan fingerprint density at radius 3 is 1.84 bits per heavy atom. The Labute approximate surface area is 183 Å². The molecule has 3 fully saturated rings. The lowest BCUT2D eigenvalue weighted by Gasteiger charge is -2.38. The molecule has 1 aromatic rings. The average Bonchev–Trinajstić information content (AvgIpc) is 3.27. The predicted molar refractivity (Wildman–Crippen MR) is 114 cm³/mol. The molecule has 5 heteroatoms. The van der Waals surface area contributed by atoms with Crippen molar-refractivity contribution in [1.82, 2.24) is 0 Å². The second kappa shape index (κ2) is 10.1. The molecular weight excluding hydrogens is 404 g/mol. The minimum absolute atomic E-state index is 0.244. The number of hydrogen-bond donors (Lipinski definition) is 0. The third kappa shape index (κ3) is 6.38. The second-order valence-electron chi connectivity index (χ2n) is 10.4. The van der Waals surface area contributed by atoms with Gasteiger partial charge in [0.25, 0.3) is 0 Å². The smallest absolute Gasteiger partial charge is 0.403 e. The molecule has 0 saturated heterocycles. The van der Waals surface area contributed by atoms with Gasteiger partial charge >= 0.3 is 6.36 Å². The van der Waals surface area contributed by atoms with E-state index in [2.05, 4.69) is 4.74 Å². The molecule has 0 heterocycles. The van der Waals surface area contributed by atoms with Crippen LogP contribution >= 0.6 is 0 Å². The molecule has 0 unspecified atom stereocenters. The van der Waals surface area contributed by atoms with Gasteiger partial charge in [-0.2, -0.15) is 0 Å². The predicted octanol–water partition coefficient (Wildman–Crippen LogP) is 8.77. The number of halogens is 4. The van der Waals surface area contributed by atoms with Gasteiger partial charge in [0.15, 0.2) is 11.6 Å². The number of rotatable bonds is 6. The Morgan fingerprint density at radius 1 is 0.742 bits per heavy atom. The molecule has 0 amide bonds. The van der Waals surface area contributed by atoms with Gasteiger partial charge in [0.1, 0.15) is 0 Å². The quantitative estimate of drug-likeness (QED) is 0.402. The summed E-state index contributed by atoms with van der Waals surface area (Å²) < 4.78 is 54.9. The highest BCUT2D eigenvalue weighted by Gasteiger charge is 2.34. The molecule has 0 aromatic heterocycles. The lowest BCUT2D eigenvalue weighted by atomic mass is 9.68. The van der Waals surface area contributed by atoms with Crippen molar-refractivity contribution in [3.05, 3.63) is 29.6 Å². The van der Waals surface area contributed by atoms with Crippen LogP contribution in [-0.2, 0) is 0 Å². The van der Waals surface area contributed by atoms with Crippen LogP contribution < -0.4 is 4.74 Å². The van der Waals surface area contributed by atoms with E-state index in [4.69, 9.17) is 0 Å². The second-order valence-corrected chi connectivity index (χ2v) is 10.4. The van der Waals surface area contributed by atoms with Crippen LogP contribution in [0.25, 0.3) is 0 Å². The van der Waals surface area contributed by atoms with Crippen LogP contribution in [0.3, 0.4) is 0 Å². The number of benzene rings is 1. The van der Waals surface area contributed by atoms with Crippen LogP contribution in [0.5, 0.6) is 5.75 Å². The van der Waals surface area contributed by atoms with Crippen LogP contribution in [0.4, 0.5) is 17.6 Å². The molecule has 0 radical (unpaired) electrons. The Hall–Kier alpha value is -1.26. The van der Waals surface area contributed by atoms with E-state index in [0.717, 1.165) is 61.0 Å². The van der Waals surface area contributed by atoms with Crippen molar-refractivity contribution in [2.75, 3.05) is 0 Å². The number of alkyl halides is 3. The van der Waals surface area contributed by atoms with Gasteiger partial charge in [0.2, 0.25) is 0 Å². The topological polar surface area (TPSA) is 9.23 Å². The fourth-order valence-electron chi connectivity index (χ4n) is 6.62. The normalized spacial score (nSPS) is 30.5. The Kier molecular flexibility index (Phi) is 7.48. The molecule has 3 aliphatic rings. The van der Waals surface area contributed by atoms with Gasteiger partial charge < -0.3 is 4.74 Å². The maximum atomic E-state index is 14.1. The molecule has 0 aliphatic heterocycles. The first-order valence-corrected chi connectivity index (χ1v) is 12.4. The van der Waals surface area contributed by atoms with Gasteiger partial charge in [-0.1, -0.05) is 57.4 Å². The molecule has 1 nitrogen and oxygen atoms in total. The van der Waals surface area contributed by atoms with E-state index in [1.54, 1.807) is 6.07 Å². The molecule has 3 saturated carbocycles. The summed E-state index contributed by atoms with van der Waals surface area (Å²) in [4.78, 5) is 0. The van der Waals surface area contributed by atoms with E-state index in [1.165, 1.54) is 70.3 Å². The zero-order chi connectivity index (χ0) is 21.8. The van der Waals surface area contributed by atoms with Crippen molar-refractivity contribution in [3.63, 3.8) is 0 Å². The summed E-state index contributed by atoms with van der Waals surface area (Å²) in [6, 6.07) is 3.96. The third-order valence-corrected chi connectivity index (χ3v) is 8.44.